The predicted octanol–water partition coefficient (Wildman–Crippen LogP) is 8.09. The number of rotatable bonds is 12. The lowest BCUT2D eigenvalue weighted by Gasteiger charge is -2.32. The first kappa shape index (κ1) is 30.6. The number of hydrogen-bond acceptors (Lipinski definition) is 3. The van der Waals surface area contributed by atoms with Gasteiger partial charge in [-0.3, -0.25) is 9.59 Å². The Labute approximate surface area is 249 Å². The summed E-state index contributed by atoms with van der Waals surface area (Å²) in [7, 11) is 0. The molecule has 0 aromatic heterocycles. The molecule has 0 aliphatic carbocycles. The smallest absolute Gasteiger partial charge is 0.243 e. The molecule has 0 aliphatic rings. The summed E-state index contributed by atoms with van der Waals surface area (Å²) in [5.74, 6) is 0.132. The highest BCUT2D eigenvalue weighted by atomic mass is 35.5. The summed E-state index contributed by atoms with van der Waals surface area (Å²) in [6.45, 7) is 4.04. The summed E-state index contributed by atoms with van der Waals surface area (Å²) in [6.07, 6.45) is 1.11. The minimum Gasteiger partial charge on any atom is -0.352 e. The van der Waals surface area contributed by atoms with Crippen molar-refractivity contribution in [1.82, 2.24) is 10.2 Å². The molecule has 3 rings (SSSR count). The van der Waals surface area contributed by atoms with Crippen LogP contribution in [-0.2, 0) is 28.3 Å². The Hall–Kier alpha value is -1.89. The van der Waals surface area contributed by atoms with Gasteiger partial charge in [0.1, 0.15) is 6.04 Å². The van der Waals surface area contributed by atoms with Gasteiger partial charge in [0.05, 0.1) is 5.75 Å². The van der Waals surface area contributed by atoms with E-state index in [0.717, 1.165) is 17.5 Å². The number of halogens is 4. The normalized spacial score (nSPS) is 12.6. The average molecular weight is 612 g/mol. The minimum absolute atomic E-state index is 0.0432. The third kappa shape index (κ3) is 8.56. The SMILES string of the molecule is CC[C@@H](C)NC(=O)[C@H](Cc1ccccc1)N(Cc1c(Cl)cccc1Cl)C(=O)CSCc1c(Cl)cccc1Cl. The lowest BCUT2D eigenvalue weighted by atomic mass is 10.0. The summed E-state index contributed by atoms with van der Waals surface area (Å²) in [5.41, 5.74) is 2.30. The van der Waals surface area contributed by atoms with E-state index in [2.05, 4.69) is 5.32 Å². The van der Waals surface area contributed by atoms with E-state index in [1.54, 1.807) is 41.3 Å². The number of thioether (sulfide) groups is 1. The highest BCUT2D eigenvalue weighted by molar-refractivity contribution is 7.99. The molecule has 2 amide bonds. The van der Waals surface area contributed by atoms with Gasteiger partial charge in [-0.1, -0.05) is 95.8 Å². The van der Waals surface area contributed by atoms with Crippen LogP contribution in [0.2, 0.25) is 20.1 Å². The summed E-state index contributed by atoms with van der Waals surface area (Å²) >= 11 is 27.0. The van der Waals surface area contributed by atoms with Crippen molar-refractivity contribution in [1.29, 1.82) is 0 Å². The van der Waals surface area contributed by atoms with Crippen molar-refractivity contribution in [3.8, 4) is 0 Å². The first-order chi connectivity index (χ1) is 18.2. The van der Waals surface area contributed by atoms with Gasteiger partial charge in [-0.2, -0.15) is 0 Å². The van der Waals surface area contributed by atoms with Gasteiger partial charge in [-0.05, 0) is 48.7 Å². The molecule has 4 nitrogen and oxygen atoms in total. The molecule has 3 aromatic carbocycles. The second-order valence-corrected chi connectivity index (χ2v) is 11.6. The Bertz CT molecular complexity index is 1200. The van der Waals surface area contributed by atoms with E-state index in [0.29, 0.717) is 37.8 Å². The van der Waals surface area contributed by atoms with Gasteiger partial charge in [-0.25, -0.2) is 0 Å². The molecule has 2 atom stereocenters. The Kier molecular flexibility index (Phi) is 12.1. The zero-order valence-corrected chi connectivity index (χ0v) is 25.1. The minimum atomic E-state index is -0.768. The van der Waals surface area contributed by atoms with E-state index in [1.165, 1.54) is 11.8 Å². The molecule has 0 bridgehead atoms. The zero-order chi connectivity index (χ0) is 27.7. The Morgan fingerprint density at radius 3 is 1.95 bits per heavy atom. The van der Waals surface area contributed by atoms with Crippen LogP contribution in [0.1, 0.15) is 37.0 Å². The molecule has 0 spiro atoms. The van der Waals surface area contributed by atoms with Gasteiger partial charge in [0.2, 0.25) is 11.8 Å². The molecular weight excluding hydrogens is 582 g/mol. The first-order valence-corrected chi connectivity index (χ1v) is 14.9. The first-order valence-electron chi connectivity index (χ1n) is 12.3. The van der Waals surface area contributed by atoms with Crippen LogP contribution in [0.4, 0.5) is 0 Å². The topological polar surface area (TPSA) is 49.4 Å². The van der Waals surface area contributed by atoms with Gasteiger partial charge in [0.25, 0.3) is 0 Å². The Morgan fingerprint density at radius 1 is 0.842 bits per heavy atom. The number of amides is 2. The van der Waals surface area contributed by atoms with Gasteiger partial charge < -0.3 is 10.2 Å². The highest BCUT2D eigenvalue weighted by Crippen LogP contribution is 2.30. The number of benzene rings is 3. The number of nitrogens with one attached hydrogen (secondary N) is 1. The number of carbonyl (C=O) groups excluding carboxylic acids is 2. The van der Waals surface area contributed by atoms with E-state index >= 15 is 0 Å². The molecule has 0 saturated heterocycles. The fourth-order valence-corrected chi connectivity index (χ4v) is 6.01. The van der Waals surface area contributed by atoms with Crippen LogP contribution in [0, 0.1) is 0 Å². The van der Waals surface area contributed by atoms with E-state index in [4.69, 9.17) is 46.4 Å². The maximum Gasteiger partial charge on any atom is 0.243 e. The number of hydrogen-bond donors (Lipinski definition) is 1. The van der Waals surface area contributed by atoms with E-state index < -0.39 is 6.04 Å². The molecule has 3 aromatic rings. The third-order valence-electron chi connectivity index (χ3n) is 6.20. The van der Waals surface area contributed by atoms with Crippen molar-refractivity contribution >= 4 is 70.0 Å². The number of carbonyl (C=O) groups is 2. The van der Waals surface area contributed by atoms with Crippen LogP contribution < -0.4 is 5.32 Å². The van der Waals surface area contributed by atoms with Gasteiger partial charge in [0, 0.05) is 50.4 Å². The summed E-state index contributed by atoms with van der Waals surface area (Å²) in [4.78, 5) is 29.0. The van der Waals surface area contributed by atoms with Crippen LogP contribution in [0.5, 0.6) is 0 Å². The fraction of sp³-hybridized carbons (Fsp3) is 0.310. The van der Waals surface area contributed by atoms with E-state index in [-0.39, 0.29) is 30.2 Å². The summed E-state index contributed by atoms with van der Waals surface area (Å²) in [6, 6.07) is 19.4. The third-order valence-corrected chi connectivity index (χ3v) is 8.56. The largest absolute Gasteiger partial charge is 0.352 e. The van der Waals surface area contributed by atoms with E-state index in [1.807, 2.05) is 44.2 Å². The van der Waals surface area contributed by atoms with Gasteiger partial charge in [-0.15, -0.1) is 11.8 Å². The molecule has 0 heterocycles. The molecule has 38 heavy (non-hydrogen) atoms. The lowest BCUT2D eigenvalue weighted by molar-refractivity contribution is -0.139. The molecule has 0 fully saturated rings. The molecule has 202 valence electrons. The molecular formula is C29H30Cl4N2O2S. The lowest BCUT2D eigenvalue weighted by Crippen LogP contribution is -2.52. The van der Waals surface area contributed by atoms with Crippen molar-refractivity contribution in [3.05, 3.63) is 104 Å². The van der Waals surface area contributed by atoms with Crippen molar-refractivity contribution in [2.75, 3.05) is 5.75 Å². The standard InChI is InChI=1S/C29H30Cl4N2O2S/c1-3-19(2)34-29(37)27(15-20-9-5-4-6-10-20)35(16-21-23(30)11-7-12-24(21)31)28(36)18-38-17-22-25(32)13-8-14-26(22)33/h4-14,19,27H,3,15-18H2,1-2H3,(H,34,37)/t19-,27+/m1/s1. The highest BCUT2D eigenvalue weighted by Gasteiger charge is 2.31. The van der Waals surface area contributed by atoms with Gasteiger partial charge >= 0.3 is 0 Å². The molecule has 1 N–H and O–H groups in total. The monoisotopic (exact) mass is 610 g/mol. The summed E-state index contributed by atoms with van der Waals surface area (Å²) < 4.78 is 0. The maximum absolute atomic E-state index is 13.8. The van der Waals surface area contributed by atoms with Crippen molar-refractivity contribution in [2.45, 2.75) is 51.1 Å². The molecule has 0 unspecified atom stereocenters. The van der Waals surface area contributed by atoms with Crippen LogP contribution in [0.3, 0.4) is 0 Å². The molecule has 0 aliphatic heterocycles. The van der Waals surface area contributed by atoms with Crippen LogP contribution in [0.15, 0.2) is 66.7 Å². The summed E-state index contributed by atoms with van der Waals surface area (Å²) in [5, 5.41) is 5.03. The predicted molar refractivity (Wildman–Crippen MR) is 161 cm³/mol. The van der Waals surface area contributed by atoms with Crippen LogP contribution in [-0.4, -0.2) is 34.6 Å². The Morgan fingerprint density at radius 2 is 1.39 bits per heavy atom. The van der Waals surface area contributed by atoms with Crippen molar-refractivity contribution < 1.29 is 9.59 Å². The van der Waals surface area contributed by atoms with Crippen LogP contribution >= 0.6 is 58.2 Å². The fourth-order valence-electron chi connectivity index (χ4n) is 3.84. The Balaban J connectivity index is 1.92. The van der Waals surface area contributed by atoms with Gasteiger partial charge in [0.15, 0.2) is 0 Å². The quantitative estimate of drug-likeness (QED) is 0.225. The zero-order valence-electron chi connectivity index (χ0n) is 21.2. The number of nitrogens with zero attached hydrogens (tertiary/aromatic N) is 1. The average Bonchev–Trinajstić information content (AvgIpc) is 2.89. The van der Waals surface area contributed by atoms with Crippen molar-refractivity contribution in [2.24, 2.45) is 0 Å². The van der Waals surface area contributed by atoms with Crippen LogP contribution in [0.25, 0.3) is 0 Å². The molecule has 0 saturated carbocycles. The molecule has 0 radical (unpaired) electrons. The van der Waals surface area contributed by atoms with Crippen molar-refractivity contribution in [3.63, 3.8) is 0 Å². The second-order valence-electron chi connectivity index (χ2n) is 8.94. The maximum atomic E-state index is 13.8. The second kappa shape index (κ2) is 15.0. The van der Waals surface area contributed by atoms with E-state index in [9.17, 15) is 9.59 Å². The molecule has 9 heteroatoms.